The fraction of sp³-hybridized carbons (Fsp3) is 0.625. The number of aryl methyl sites for hydroxylation is 1. The molecule has 0 aromatic carbocycles. The van der Waals surface area contributed by atoms with Crippen LogP contribution in [0.5, 0.6) is 0 Å². The molecule has 1 aromatic rings. The lowest BCUT2D eigenvalue weighted by molar-refractivity contribution is -0.116. The molecule has 1 fully saturated rings. The van der Waals surface area contributed by atoms with Gasteiger partial charge in [-0.3, -0.25) is 9.69 Å². The summed E-state index contributed by atoms with van der Waals surface area (Å²) in [6, 6.07) is 0.350. The van der Waals surface area contributed by atoms with Gasteiger partial charge in [0.25, 0.3) is 0 Å². The number of hydrogen-bond donors (Lipinski definition) is 1. The van der Waals surface area contributed by atoms with Gasteiger partial charge in [0, 0.05) is 37.1 Å². The minimum Gasteiger partial charge on any atom is -0.379 e. The zero-order valence-corrected chi connectivity index (χ0v) is 14.4. The van der Waals surface area contributed by atoms with Crippen LogP contribution in [0.2, 0.25) is 0 Å². The van der Waals surface area contributed by atoms with Crippen molar-refractivity contribution >= 4 is 23.3 Å². The lowest BCUT2D eigenvalue weighted by atomic mass is 10.0. The van der Waals surface area contributed by atoms with Gasteiger partial charge in [0.05, 0.1) is 23.9 Å². The Labute approximate surface area is 136 Å². The quantitative estimate of drug-likeness (QED) is 0.813. The van der Waals surface area contributed by atoms with Crippen LogP contribution in [0.3, 0.4) is 0 Å². The molecule has 1 aliphatic heterocycles. The van der Waals surface area contributed by atoms with Gasteiger partial charge in [-0.15, -0.1) is 11.3 Å². The van der Waals surface area contributed by atoms with Crippen molar-refractivity contribution in [3.8, 4) is 0 Å². The molecule has 5 nitrogen and oxygen atoms in total. The highest BCUT2D eigenvalue weighted by Crippen LogP contribution is 2.12. The molecule has 0 bridgehead atoms. The van der Waals surface area contributed by atoms with Gasteiger partial charge in [0.2, 0.25) is 5.91 Å². The Balaban J connectivity index is 1.83. The van der Waals surface area contributed by atoms with Crippen molar-refractivity contribution in [2.45, 2.75) is 26.8 Å². The standard InChI is InChI=1S/C16H25N3O2S/c1-12(2)15(19-6-8-21-9-7-19)10-17-16(20)5-4-14-11-22-13(3)18-14/h4-5,11-12,15H,6-10H2,1-3H3,(H,17,20)/b5-4+/t15-/m0/s1. The number of nitrogens with zero attached hydrogens (tertiary/aromatic N) is 2. The largest absolute Gasteiger partial charge is 0.379 e. The Morgan fingerprint density at radius 2 is 2.23 bits per heavy atom. The molecule has 2 heterocycles. The lowest BCUT2D eigenvalue weighted by Gasteiger charge is -2.36. The molecule has 22 heavy (non-hydrogen) atoms. The monoisotopic (exact) mass is 323 g/mol. The number of thiazole rings is 1. The van der Waals surface area contributed by atoms with E-state index in [1.54, 1.807) is 23.5 Å². The fourth-order valence-corrected chi connectivity index (χ4v) is 3.16. The summed E-state index contributed by atoms with van der Waals surface area (Å²) < 4.78 is 5.40. The van der Waals surface area contributed by atoms with E-state index in [9.17, 15) is 4.79 Å². The molecular weight excluding hydrogens is 298 g/mol. The molecule has 0 spiro atoms. The van der Waals surface area contributed by atoms with Crippen LogP contribution in [-0.2, 0) is 9.53 Å². The number of carbonyl (C=O) groups is 1. The molecule has 0 aliphatic carbocycles. The van der Waals surface area contributed by atoms with Crippen LogP contribution in [0, 0.1) is 12.8 Å². The smallest absolute Gasteiger partial charge is 0.244 e. The van der Waals surface area contributed by atoms with Crippen molar-refractivity contribution < 1.29 is 9.53 Å². The van der Waals surface area contributed by atoms with Gasteiger partial charge in [-0.25, -0.2) is 4.98 Å². The van der Waals surface area contributed by atoms with Crippen molar-refractivity contribution in [3.63, 3.8) is 0 Å². The minimum absolute atomic E-state index is 0.0652. The highest BCUT2D eigenvalue weighted by Gasteiger charge is 2.23. The zero-order valence-electron chi connectivity index (χ0n) is 13.5. The molecule has 0 radical (unpaired) electrons. The number of hydrogen-bond acceptors (Lipinski definition) is 5. The molecule has 1 N–H and O–H groups in total. The molecule has 0 saturated carbocycles. The Bertz CT molecular complexity index is 507. The maximum absolute atomic E-state index is 12.0. The number of carbonyl (C=O) groups excluding carboxylic acids is 1. The van der Waals surface area contributed by atoms with Gasteiger partial charge >= 0.3 is 0 Å². The fourth-order valence-electron chi connectivity index (χ4n) is 2.58. The molecule has 2 rings (SSSR count). The first kappa shape index (κ1) is 17.1. The van der Waals surface area contributed by atoms with E-state index >= 15 is 0 Å². The Hall–Kier alpha value is -1.24. The third kappa shape index (κ3) is 5.19. The third-order valence-corrected chi connectivity index (χ3v) is 4.60. The molecule has 1 aliphatic rings. The van der Waals surface area contributed by atoms with E-state index in [1.807, 2.05) is 12.3 Å². The van der Waals surface area contributed by atoms with Crippen LogP contribution in [-0.4, -0.2) is 54.7 Å². The summed E-state index contributed by atoms with van der Waals surface area (Å²) in [6.45, 7) is 10.4. The van der Waals surface area contributed by atoms with E-state index in [0.29, 0.717) is 18.5 Å². The summed E-state index contributed by atoms with van der Waals surface area (Å²) in [5, 5.41) is 5.96. The van der Waals surface area contributed by atoms with Crippen LogP contribution >= 0.6 is 11.3 Å². The van der Waals surface area contributed by atoms with Crippen LogP contribution < -0.4 is 5.32 Å². The lowest BCUT2D eigenvalue weighted by Crippen LogP contribution is -2.51. The van der Waals surface area contributed by atoms with Crippen molar-refractivity contribution in [2.24, 2.45) is 5.92 Å². The van der Waals surface area contributed by atoms with E-state index in [-0.39, 0.29) is 5.91 Å². The Morgan fingerprint density at radius 3 is 2.82 bits per heavy atom. The molecular formula is C16H25N3O2S. The second-order valence-electron chi connectivity index (χ2n) is 5.83. The van der Waals surface area contributed by atoms with E-state index in [1.165, 1.54) is 0 Å². The SMILES string of the molecule is Cc1nc(/C=C/C(=O)NC[C@@H](C(C)C)N2CCOCC2)cs1. The Morgan fingerprint density at radius 1 is 1.50 bits per heavy atom. The van der Waals surface area contributed by atoms with Gasteiger partial charge < -0.3 is 10.1 Å². The Kier molecular flexibility index (Phi) is 6.54. The van der Waals surface area contributed by atoms with E-state index in [2.05, 4.69) is 29.0 Å². The third-order valence-electron chi connectivity index (χ3n) is 3.81. The maximum Gasteiger partial charge on any atom is 0.244 e. The predicted molar refractivity (Wildman–Crippen MR) is 89.9 cm³/mol. The molecule has 122 valence electrons. The summed E-state index contributed by atoms with van der Waals surface area (Å²) in [5.74, 6) is 0.424. The molecule has 1 atom stereocenters. The van der Waals surface area contributed by atoms with Gasteiger partial charge in [-0.2, -0.15) is 0 Å². The highest BCUT2D eigenvalue weighted by atomic mass is 32.1. The minimum atomic E-state index is -0.0652. The summed E-state index contributed by atoms with van der Waals surface area (Å²) in [6.07, 6.45) is 3.32. The van der Waals surface area contributed by atoms with Gasteiger partial charge in [-0.1, -0.05) is 13.8 Å². The number of rotatable bonds is 6. The van der Waals surface area contributed by atoms with E-state index in [4.69, 9.17) is 4.74 Å². The van der Waals surface area contributed by atoms with Crippen LogP contribution in [0.4, 0.5) is 0 Å². The molecule has 1 saturated heterocycles. The second-order valence-corrected chi connectivity index (χ2v) is 6.89. The average Bonchev–Trinajstić information content (AvgIpc) is 2.92. The molecule has 1 amide bonds. The maximum atomic E-state index is 12.0. The normalized spacial score (nSPS) is 18.0. The first-order chi connectivity index (χ1) is 10.6. The summed E-state index contributed by atoms with van der Waals surface area (Å²) in [4.78, 5) is 18.7. The van der Waals surface area contributed by atoms with Crippen LogP contribution in [0.1, 0.15) is 24.5 Å². The molecule has 1 aromatic heterocycles. The number of aromatic nitrogens is 1. The summed E-state index contributed by atoms with van der Waals surface area (Å²) in [7, 11) is 0. The van der Waals surface area contributed by atoms with Gasteiger partial charge in [0.1, 0.15) is 0 Å². The molecule has 0 unspecified atom stereocenters. The number of amides is 1. The number of nitrogens with one attached hydrogen (secondary N) is 1. The second kappa shape index (κ2) is 8.41. The summed E-state index contributed by atoms with van der Waals surface area (Å²) >= 11 is 1.58. The number of morpholine rings is 1. The number of ether oxygens (including phenoxy) is 1. The van der Waals surface area contributed by atoms with E-state index in [0.717, 1.165) is 37.0 Å². The van der Waals surface area contributed by atoms with Crippen LogP contribution in [0.25, 0.3) is 6.08 Å². The highest BCUT2D eigenvalue weighted by molar-refractivity contribution is 7.09. The summed E-state index contributed by atoms with van der Waals surface area (Å²) in [5.41, 5.74) is 0.839. The van der Waals surface area contributed by atoms with Crippen molar-refractivity contribution in [1.82, 2.24) is 15.2 Å². The molecule has 6 heteroatoms. The topological polar surface area (TPSA) is 54.5 Å². The van der Waals surface area contributed by atoms with Crippen molar-refractivity contribution in [2.75, 3.05) is 32.8 Å². The van der Waals surface area contributed by atoms with Crippen molar-refractivity contribution in [1.29, 1.82) is 0 Å². The average molecular weight is 323 g/mol. The van der Waals surface area contributed by atoms with Gasteiger partial charge in [-0.05, 0) is 18.9 Å². The van der Waals surface area contributed by atoms with Gasteiger partial charge in [0.15, 0.2) is 0 Å². The van der Waals surface area contributed by atoms with Crippen LogP contribution in [0.15, 0.2) is 11.5 Å². The zero-order chi connectivity index (χ0) is 15.9. The van der Waals surface area contributed by atoms with Crippen molar-refractivity contribution in [3.05, 3.63) is 22.2 Å². The first-order valence-corrected chi connectivity index (χ1v) is 8.64. The predicted octanol–water partition coefficient (Wildman–Crippen LogP) is 1.94. The first-order valence-electron chi connectivity index (χ1n) is 7.76. The van der Waals surface area contributed by atoms with E-state index < -0.39 is 0 Å².